The fourth-order valence-corrected chi connectivity index (χ4v) is 1.83. The van der Waals surface area contributed by atoms with E-state index in [2.05, 4.69) is 0 Å². The van der Waals surface area contributed by atoms with Gasteiger partial charge in [-0.25, -0.2) is 0 Å². The summed E-state index contributed by atoms with van der Waals surface area (Å²) < 4.78 is 4.83. The summed E-state index contributed by atoms with van der Waals surface area (Å²) in [5.41, 5.74) is 2.07. The van der Waals surface area contributed by atoms with E-state index in [1.807, 2.05) is 43.3 Å². The van der Waals surface area contributed by atoms with Gasteiger partial charge in [0.2, 0.25) is 5.91 Å². The predicted octanol–water partition coefficient (Wildman–Crippen LogP) is 1.23. The number of hydrogen-bond acceptors (Lipinski definition) is 4. The molecule has 0 saturated heterocycles. The average molecular weight is 292 g/mol. The summed E-state index contributed by atoms with van der Waals surface area (Å²) in [6, 6.07) is 7.91. The van der Waals surface area contributed by atoms with Crippen molar-refractivity contribution in [2.75, 3.05) is 46.3 Å². The Kier molecular flexibility index (Phi) is 6.91. The zero-order valence-electron chi connectivity index (χ0n) is 13.1. The van der Waals surface area contributed by atoms with E-state index in [0.29, 0.717) is 0 Å². The van der Waals surface area contributed by atoms with Crippen molar-refractivity contribution in [1.82, 2.24) is 4.90 Å². The van der Waals surface area contributed by atoms with Crippen molar-refractivity contribution in [3.8, 4) is 0 Å². The SMILES string of the molecule is COCC(O)CN(C)C(=O)C=Cc1ccc(N(C)C)cc1. The number of nitrogens with zero attached hydrogens (tertiary/aromatic N) is 2. The summed E-state index contributed by atoms with van der Waals surface area (Å²) in [5, 5.41) is 9.59. The number of carbonyl (C=O) groups excluding carboxylic acids is 1. The molecule has 1 aromatic rings. The van der Waals surface area contributed by atoms with Crippen LogP contribution in [0.25, 0.3) is 6.08 Å². The first-order valence-corrected chi connectivity index (χ1v) is 6.81. The quantitative estimate of drug-likeness (QED) is 0.768. The number of methoxy groups -OCH3 is 1. The highest BCUT2D eigenvalue weighted by molar-refractivity contribution is 5.91. The minimum Gasteiger partial charge on any atom is -0.389 e. The van der Waals surface area contributed by atoms with Crippen LogP contribution >= 0.6 is 0 Å². The smallest absolute Gasteiger partial charge is 0.246 e. The molecule has 0 fully saturated rings. The third-order valence-corrected chi connectivity index (χ3v) is 3.05. The molecule has 0 aliphatic heterocycles. The van der Waals surface area contributed by atoms with Gasteiger partial charge >= 0.3 is 0 Å². The van der Waals surface area contributed by atoms with Crippen molar-refractivity contribution in [3.63, 3.8) is 0 Å². The maximum Gasteiger partial charge on any atom is 0.246 e. The Hall–Kier alpha value is -1.85. The molecule has 1 rings (SSSR count). The molecule has 116 valence electrons. The first kappa shape index (κ1) is 17.2. The van der Waals surface area contributed by atoms with Gasteiger partial charge in [0.05, 0.1) is 12.7 Å². The average Bonchev–Trinajstić information content (AvgIpc) is 2.45. The second-order valence-electron chi connectivity index (χ2n) is 5.15. The van der Waals surface area contributed by atoms with Gasteiger partial charge in [0, 0.05) is 46.6 Å². The molecule has 0 aliphatic rings. The van der Waals surface area contributed by atoms with Gasteiger partial charge in [0.25, 0.3) is 0 Å². The van der Waals surface area contributed by atoms with E-state index in [9.17, 15) is 9.90 Å². The Bertz CT molecular complexity index is 469. The predicted molar refractivity (Wildman–Crippen MR) is 85.3 cm³/mol. The summed E-state index contributed by atoms with van der Waals surface area (Å²) >= 11 is 0. The summed E-state index contributed by atoms with van der Waals surface area (Å²) in [5.74, 6) is -0.151. The van der Waals surface area contributed by atoms with Crippen molar-refractivity contribution < 1.29 is 14.6 Å². The van der Waals surface area contributed by atoms with Crippen LogP contribution < -0.4 is 4.90 Å². The number of aliphatic hydroxyl groups is 1. The maximum absolute atomic E-state index is 11.9. The topological polar surface area (TPSA) is 53.0 Å². The molecule has 0 aromatic heterocycles. The van der Waals surface area contributed by atoms with Gasteiger partial charge in [-0.15, -0.1) is 0 Å². The van der Waals surface area contributed by atoms with Crippen LogP contribution in [0, 0.1) is 0 Å². The van der Waals surface area contributed by atoms with Crippen LogP contribution in [0.15, 0.2) is 30.3 Å². The molecule has 1 aromatic carbocycles. The lowest BCUT2D eigenvalue weighted by atomic mass is 10.2. The van der Waals surface area contributed by atoms with Crippen molar-refractivity contribution in [3.05, 3.63) is 35.9 Å². The first-order chi connectivity index (χ1) is 9.93. The molecule has 1 N–H and O–H groups in total. The van der Waals surface area contributed by atoms with Crippen molar-refractivity contribution >= 4 is 17.7 Å². The van der Waals surface area contributed by atoms with Gasteiger partial charge in [-0.2, -0.15) is 0 Å². The van der Waals surface area contributed by atoms with E-state index in [1.165, 1.54) is 18.1 Å². The van der Waals surface area contributed by atoms with Crippen molar-refractivity contribution in [2.45, 2.75) is 6.10 Å². The molecule has 5 heteroatoms. The number of anilines is 1. The number of likely N-dealkylation sites (N-methyl/N-ethyl adjacent to an activating group) is 1. The highest BCUT2D eigenvalue weighted by atomic mass is 16.5. The number of amides is 1. The van der Waals surface area contributed by atoms with Crippen LogP contribution in [0.5, 0.6) is 0 Å². The Balaban J connectivity index is 2.56. The molecule has 5 nitrogen and oxygen atoms in total. The molecule has 0 saturated carbocycles. The summed E-state index contributed by atoms with van der Waals surface area (Å²) in [4.78, 5) is 15.4. The number of benzene rings is 1. The van der Waals surface area contributed by atoms with Gasteiger partial charge in [-0.1, -0.05) is 12.1 Å². The summed E-state index contributed by atoms with van der Waals surface area (Å²) in [6.07, 6.45) is 2.60. The third kappa shape index (κ3) is 5.97. The van der Waals surface area contributed by atoms with Crippen molar-refractivity contribution in [2.24, 2.45) is 0 Å². The monoisotopic (exact) mass is 292 g/mol. The molecule has 0 spiro atoms. The Morgan fingerprint density at radius 3 is 2.43 bits per heavy atom. The standard InChI is InChI=1S/C16H24N2O3/c1-17(2)14-8-5-13(6-9-14)7-10-16(20)18(3)11-15(19)12-21-4/h5-10,15,19H,11-12H2,1-4H3. The first-order valence-electron chi connectivity index (χ1n) is 6.81. The molecule has 1 amide bonds. The van der Waals surface area contributed by atoms with Gasteiger partial charge in [0.15, 0.2) is 0 Å². The Morgan fingerprint density at radius 2 is 1.90 bits per heavy atom. The Labute approximate surface area is 126 Å². The second kappa shape index (κ2) is 8.44. The van der Waals surface area contributed by atoms with E-state index in [0.717, 1.165) is 11.3 Å². The second-order valence-corrected chi connectivity index (χ2v) is 5.15. The maximum atomic E-state index is 11.9. The van der Waals surface area contributed by atoms with E-state index >= 15 is 0 Å². The number of ether oxygens (including phenoxy) is 1. The summed E-state index contributed by atoms with van der Waals surface area (Å²) in [6.45, 7) is 0.462. The van der Waals surface area contributed by atoms with Gasteiger partial charge in [0.1, 0.15) is 0 Å². The van der Waals surface area contributed by atoms with Crippen LogP contribution in [-0.4, -0.2) is 63.4 Å². The molecule has 1 unspecified atom stereocenters. The van der Waals surface area contributed by atoms with Crippen molar-refractivity contribution in [1.29, 1.82) is 0 Å². The minimum atomic E-state index is -0.670. The number of rotatable bonds is 7. The van der Waals surface area contributed by atoms with E-state index in [1.54, 1.807) is 13.1 Å². The lowest BCUT2D eigenvalue weighted by molar-refractivity contribution is -0.126. The largest absolute Gasteiger partial charge is 0.389 e. The molecule has 1 atom stereocenters. The van der Waals surface area contributed by atoms with Crippen LogP contribution in [0.3, 0.4) is 0 Å². The highest BCUT2D eigenvalue weighted by Gasteiger charge is 2.11. The molecule has 0 bridgehead atoms. The number of aliphatic hydroxyl groups excluding tert-OH is 1. The lowest BCUT2D eigenvalue weighted by Crippen LogP contribution is -2.35. The van der Waals surface area contributed by atoms with Gasteiger partial charge in [-0.05, 0) is 23.8 Å². The van der Waals surface area contributed by atoms with E-state index < -0.39 is 6.10 Å². The number of hydrogen-bond donors (Lipinski definition) is 1. The zero-order valence-corrected chi connectivity index (χ0v) is 13.1. The molecule has 0 heterocycles. The molecular weight excluding hydrogens is 268 g/mol. The van der Waals surface area contributed by atoms with Crippen LogP contribution in [0.2, 0.25) is 0 Å². The fourth-order valence-electron chi connectivity index (χ4n) is 1.83. The molecule has 0 aliphatic carbocycles. The van der Waals surface area contributed by atoms with E-state index in [4.69, 9.17) is 4.74 Å². The van der Waals surface area contributed by atoms with Gasteiger partial charge < -0.3 is 19.6 Å². The zero-order chi connectivity index (χ0) is 15.8. The van der Waals surface area contributed by atoms with Crippen LogP contribution in [0.4, 0.5) is 5.69 Å². The van der Waals surface area contributed by atoms with E-state index in [-0.39, 0.29) is 19.1 Å². The lowest BCUT2D eigenvalue weighted by Gasteiger charge is -2.18. The fraction of sp³-hybridized carbons (Fsp3) is 0.438. The highest BCUT2D eigenvalue weighted by Crippen LogP contribution is 2.13. The number of carbonyl (C=O) groups is 1. The molecule has 0 radical (unpaired) electrons. The van der Waals surface area contributed by atoms with Gasteiger partial charge in [-0.3, -0.25) is 4.79 Å². The third-order valence-electron chi connectivity index (χ3n) is 3.05. The Morgan fingerprint density at radius 1 is 1.29 bits per heavy atom. The normalized spacial score (nSPS) is 12.4. The molecular formula is C16H24N2O3. The van der Waals surface area contributed by atoms with Crippen LogP contribution in [0.1, 0.15) is 5.56 Å². The van der Waals surface area contributed by atoms with Crippen LogP contribution in [-0.2, 0) is 9.53 Å². The molecule has 21 heavy (non-hydrogen) atoms. The summed E-state index contributed by atoms with van der Waals surface area (Å²) in [7, 11) is 7.13. The minimum absolute atomic E-state index is 0.151.